The number of amides is 2. The van der Waals surface area contributed by atoms with Crippen LogP contribution in [-0.4, -0.2) is 54.4 Å². The molecule has 0 spiro atoms. The van der Waals surface area contributed by atoms with E-state index in [9.17, 15) is 4.79 Å². The average molecular weight is 376 g/mol. The van der Waals surface area contributed by atoms with Gasteiger partial charge < -0.3 is 10.2 Å². The van der Waals surface area contributed by atoms with Crippen LogP contribution in [0, 0.1) is 0 Å². The largest absolute Gasteiger partial charge is 0.322 e. The lowest BCUT2D eigenvalue weighted by atomic mass is 10.3. The van der Waals surface area contributed by atoms with Crippen LogP contribution in [0.2, 0.25) is 0 Å². The number of anilines is 1. The maximum atomic E-state index is 12.6. The van der Waals surface area contributed by atoms with Crippen LogP contribution >= 0.6 is 23.4 Å². The lowest BCUT2D eigenvalue weighted by Crippen LogP contribution is -2.50. The van der Waals surface area contributed by atoms with Gasteiger partial charge in [-0.1, -0.05) is 42.1 Å². The third-order valence-corrected chi connectivity index (χ3v) is 5.41. The highest BCUT2D eigenvalue weighted by molar-refractivity contribution is 7.99. The molecule has 0 radical (unpaired) electrons. The minimum atomic E-state index is -0.0355. The normalized spacial score (nSPS) is 15.2. The van der Waals surface area contributed by atoms with Gasteiger partial charge in [-0.2, -0.15) is 0 Å². The van der Waals surface area contributed by atoms with E-state index in [1.54, 1.807) is 11.8 Å². The Balaban J connectivity index is 1.62. The number of carbonyl (C=O) groups excluding carboxylic acids is 1. The third kappa shape index (κ3) is 5.14. The second-order valence-electron chi connectivity index (χ2n) is 5.86. The van der Waals surface area contributed by atoms with Crippen LogP contribution in [0.3, 0.4) is 0 Å². The summed E-state index contributed by atoms with van der Waals surface area (Å²) in [6.45, 7) is 4.10. The monoisotopic (exact) mass is 375 g/mol. The summed E-state index contributed by atoms with van der Waals surface area (Å²) in [5.74, 6) is 0.635. The van der Waals surface area contributed by atoms with E-state index in [1.165, 1.54) is 0 Å². The molecule has 0 atom stereocenters. The predicted molar refractivity (Wildman–Crippen MR) is 105 cm³/mol. The van der Waals surface area contributed by atoms with Crippen LogP contribution in [-0.2, 0) is 0 Å². The number of halogens is 1. The first-order valence-electron chi connectivity index (χ1n) is 8.42. The van der Waals surface area contributed by atoms with E-state index in [4.69, 9.17) is 11.6 Å². The minimum absolute atomic E-state index is 0.0355. The van der Waals surface area contributed by atoms with E-state index in [0.717, 1.165) is 48.2 Å². The van der Waals surface area contributed by atoms with Crippen molar-refractivity contribution in [3.8, 4) is 0 Å². The fourth-order valence-electron chi connectivity index (χ4n) is 2.76. The Morgan fingerprint density at radius 1 is 1.00 bits per heavy atom. The Kier molecular flexibility index (Phi) is 6.62. The summed E-state index contributed by atoms with van der Waals surface area (Å²) >= 11 is 7.44. The van der Waals surface area contributed by atoms with Crippen molar-refractivity contribution in [1.82, 2.24) is 9.80 Å². The highest BCUT2D eigenvalue weighted by Crippen LogP contribution is 2.33. The zero-order valence-corrected chi connectivity index (χ0v) is 15.6. The van der Waals surface area contributed by atoms with Crippen LogP contribution in [0.1, 0.15) is 0 Å². The van der Waals surface area contributed by atoms with Crippen molar-refractivity contribution >= 4 is 35.1 Å². The predicted octanol–water partition coefficient (Wildman–Crippen LogP) is 4.23. The van der Waals surface area contributed by atoms with Crippen molar-refractivity contribution in [2.75, 3.05) is 43.9 Å². The van der Waals surface area contributed by atoms with E-state index < -0.39 is 0 Å². The molecule has 2 aromatic rings. The maximum Gasteiger partial charge on any atom is 0.321 e. The van der Waals surface area contributed by atoms with Crippen LogP contribution in [0.15, 0.2) is 64.4 Å². The Labute approximate surface area is 158 Å². The summed E-state index contributed by atoms with van der Waals surface area (Å²) in [7, 11) is 0. The van der Waals surface area contributed by atoms with Crippen molar-refractivity contribution in [3.05, 3.63) is 54.6 Å². The van der Waals surface area contributed by atoms with Gasteiger partial charge in [-0.25, -0.2) is 4.79 Å². The molecule has 132 valence electrons. The second kappa shape index (κ2) is 9.13. The van der Waals surface area contributed by atoms with Crippen molar-refractivity contribution in [2.45, 2.75) is 9.79 Å². The van der Waals surface area contributed by atoms with E-state index >= 15 is 0 Å². The highest BCUT2D eigenvalue weighted by atomic mass is 35.5. The number of nitrogens with one attached hydrogen (secondary N) is 1. The van der Waals surface area contributed by atoms with E-state index in [-0.39, 0.29) is 6.03 Å². The van der Waals surface area contributed by atoms with Gasteiger partial charge in [-0.15, -0.1) is 11.6 Å². The van der Waals surface area contributed by atoms with E-state index in [2.05, 4.69) is 22.3 Å². The van der Waals surface area contributed by atoms with Gasteiger partial charge in [0.05, 0.1) is 5.69 Å². The summed E-state index contributed by atoms with van der Waals surface area (Å²) in [5.41, 5.74) is 0.851. The molecule has 1 fully saturated rings. The fourth-order valence-corrected chi connectivity index (χ4v) is 3.92. The topological polar surface area (TPSA) is 35.6 Å². The second-order valence-corrected chi connectivity index (χ2v) is 7.35. The van der Waals surface area contributed by atoms with E-state index in [1.807, 2.05) is 47.4 Å². The quantitative estimate of drug-likeness (QED) is 0.794. The molecule has 6 heteroatoms. The number of piperazine rings is 1. The highest BCUT2D eigenvalue weighted by Gasteiger charge is 2.21. The SMILES string of the molecule is O=C(Nc1ccccc1Sc1ccccc1)N1CCN(CCCl)CC1. The fraction of sp³-hybridized carbons (Fsp3) is 0.316. The average Bonchev–Trinajstić information content (AvgIpc) is 2.65. The molecule has 1 aliphatic heterocycles. The van der Waals surface area contributed by atoms with Gasteiger partial charge in [0.1, 0.15) is 0 Å². The zero-order valence-electron chi connectivity index (χ0n) is 14.0. The molecular weight excluding hydrogens is 354 g/mol. The van der Waals surface area contributed by atoms with E-state index in [0.29, 0.717) is 5.88 Å². The molecule has 1 saturated heterocycles. The Morgan fingerprint density at radius 2 is 1.68 bits per heavy atom. The number of benzene rings is 2. The summed E-state index contributed by atoms with van der Waals surface area (Å²) in [5, 5.41) is 3.07. The van der Waals surface area contributed by atoms with Gasteiger partial charge in [0, 0.05) is 48.4 Å². The molecule has 2 aromatic carbocycles. The number of urea groups is 1. The standard InChI is InChI=1S/C19H22ClN3OS/c20-10-11-22-12-14-23(15-13-22)19(24)21-17-8-4-5-9-18(17)25-16-6-2-1-3-7-16/h1-9H,10-15H2,(H,21,24). The summed E-state index contributed by atoms with van der Waals surface area (Å²) in [6, 6.07) is 18.1. The number of rotatable bonds is 5. The van der Waals surface area contributed by atoms with Gasteiger partial charge in [-0.3, -0.25) is 4.90 Å². The third-order valence-electron chi connectivity index (χ3n) is 4.16. The molecule has 0 aliphatic carbocycles. The summed E-state index contributed by atoms with van der Waals surface area (Å²) < 4.78 is 0. The maximum absolute atomic E-state index is 12.6. The number of nitrogens with zero attached hydrogens (tertiary/aromatic N) is 2. The lowest BCUT2D eigenvalue weighted by Gasteiger charge is -2.34. The molecule has 0 aromatic heterocycles. The van der Waals surface area contributed by atoms with Gasteiger partial charge in [0.25, 0.3) is 0 Å². The molecule has 1 aliphatic rings. The number of hydrogen-bond acceptors (Lipinski definition) is 3. The van der Waals surface area contributed by atoms with Crippen molar-refractivity contribution in [1.29, 1.82) is 0 Å². The van der Waals surface area contributed by atoms with Gasteiger partial charge in [-0.05, 0) is 24.3 Å². The zero-order chi connectivity index (χ0) is 17.5. The Morgan fingerprint density at radius 3 is 2.40 bits per heavy atom. The van der Waals surface area contributed by atoms with Crippen molar-refractivity contribution < 1.29 is 4.79 Å². The Bertz CT molecular complexity index is 690. The van der Waals surface area contributed by atoms with Gasteiger partial charge >= 0.3 is 6.03 Å². The molecule has 0 saturated carbocycles. The lowest BCUT2D eigenvalue weighted by molar-refractivity contribution is 0.152. The summed E-state index contributed by atoms with van der Waals surface area (Å²) in [4.78, 5) is 19.0. The Hall–Kier alpha value is -1.69. The van der Waals surface area contributed by atoms with Crippen LogP contribution < -0.4 is 5.32 Å². The molecule has 25 heavy (non-hydrogen) atoms. The van der Waals surface area contributed by atoms with Crippen molar-refractivity contribution in [2.24, 2.45) is 0 Å². The molecule has 4 nitrogen and oxygen atoms in total. The molecule has 3 rings (SSSR count). The number of para-hydroxylation sites is 1. The molecule has 2 amide bonds. The molecular formula is C19H22ClN3OS. The minimum Gasteiger partial charge on any atom is -0.322 e. The molecule has 0 bridgehead atoms. The molecule has 1 heterocycles. The molecule has 1 N–H and O–H groups in total. The van der Waals surface area contributed by atoms with Crippen LogP contribution in [0.4, 0.5) is 10.5 Å². The number of hydrogen-bond donors (Lipinski definition) is 1. The molecule has 0 unspecified atom stereocenters. The number of alkyl halides is 1. The van der Waals surface area contributed by atoms with Crippen LogP contribution in [0.5, 0.6) is 0 Å². The first-order chi connectivity index (χ1) is 12.3. The smallest absolute Gasteiger partial charge is 0.321 e. The van der Waals surface area contributed by atoms with Crippen LogP contribution in [0.25, 0.3) is 0 Å². The first kappa shape index (κ1) is 18.1. The first-order valence-corrected chi connectivity index (χ1v) is 9.77. The van der Waals surface area contributed by atoms with Gasteiger partial charge in [0.2, 0.25) is 0 Å². The summed E-state index contributed by atoms with van der Waals surface area (Å²) in [6.07, 6.45) is 0. The van der Waals surface area contributed by atoms with Crippen molar-refractivity contribution in [3.63, 3.8) is 0 Å². The van der Waals surface area contributed by atoms with Gasteiger partial charge in [0.15, 0.2) is 0 Å². The number of carbonyl (C=O) groups is 1.